The maximum Gasteiger partial charge on any atom is 0.345 e. The van der Waals surface area contributed by atoms with Gasteiger partial charge >= 0.3 is 5.97 Å². The van der Waals surface area contributed by atoms with Crippen molar-refractivity contribution in [1.82, 2.24) is 9.97 Å². The molecule has 0 saturated carbocycles. The second-order valence-corrected chi connectivity index (χ2v) is 4.81. The van der Waals surface area contributed by atoms with Gasteiger partial charge in [-0.05, 0) is 24.8 Å². The van der Waals surface area contributed by atoms with E-state index in [1.165, 1.54) is 6.20 Å². The van der Waals surface area contributed by atoms with Crippen molar-refractivity contribution in [2.24, 2.45) is 0 Å². The summed E-state index contributed by atoms with van der Waals surface area (Å²) >= 11 is 1.62. The Morgan fingerprint density at radius 3 is 2.89 bits per heavy atom. The van der Waals surface area contributed by atoms with Gasteiger partial charge in [0.25, 0.3) is 5.56 Å². The number of hydrogen-bond acceptors (Lipinski definition) is 5. The maximum atomic E-state index is 11.9. The van der Waals surface area contributed by atoms with Crippen LogP contribution in [0.5, 0.6) is 0 Å². The van der Waals surface area contributed by atoms with Crippen LogP contribution >= 0.6 is 11.3 Å². The summed E-state index contributed by atoms with van der Waals surface area (Å²) in [5.74, 6) is -0.167. The molecule has 0 saturated heterocycles. The number of carbonyl (C=O) groups excluding carboxylic acids is 1. The van der Waals surface area contributed by atoms with Crippen molar-refractivity contribution in [3.8, 4) is 11.4 Å². The highest BCUT2D eigenvalue weighted by Gasteiger charge is 2.14. The van der Waals surface area contributed by atoms with Crippen molar-refractivity contribution in [3.05, 3.63) is 38.4 Å². The second-order valence-electron chi connectivity index (χ2n) is 3.81. The van der Waals surface area contributed by atoms with E-state index in [0.717, 1.165) is 16.9 Å². The summed E-state index contributed by atoms with van der Waals surface area (Å²) in [6.45, 7) is 3.96. The Kier molecular flexibility index (Phi) is 4.11. The van der Waals surface area contributed by atoms with Gasteiger partial charge in [-0.15, -0.1) is 11.3 Å². The lowest BCUT2D eigenvalue weighted by Gasteiger charge is -2.03. The van der Waals surface area contributed by atoms with E-state index in [1.807, 2.05) is 18.4 Å². The third-order valence-electron chi connectivity index (χ3n) is 2.62. The number of nitrogens with one attached hydrogen (secondary N) is 1. The first-order chi connectivity index (χ1) is 9.17. The lowest BCUT2D eigenvalue weighted by atomic mass is 10.2. The SMILES string of the molecule is CCOC(=O)c1cnc(-c2ccsc2CC)[nH]c1=O. The zero-order valence-electron chi connectivity index (χ0n) is 10.7. The number of rotatable bonds is 4. The number of carbonyl (C=O) groups is 1. The van der Waals surface area contributed by atoms with E-state index in [2.05, 4.69) is 9.97 Å². The Balaban J connectivity index is 2.39. The lowest BCUT2D eigenvalue weighted by molar-refractivity contribution is 0.0524. The van der Waals surface area contributed by atoms with Crippen LogP contribution in [0.1, 0.15) is 29.1 Å². The summed E-state index contributed by atoms with van der Waals surface area (Å²) in [7, 11) is 0. The zero-order valence-corrected chi connectivity index (χ0v) is 11.5. The normalized spacial score (nSPS) is 10.4. The van der Waals surface area contributed by atoms with Crippen molar-refractivity contribution in [2.45, 2.75) is 20.3 Å². The average molecular weight is 278 g/mol. The third kappa shape index (κ3) is 2.73. The predicted octanol–water partition coefficient (Wildman–Crippen LogP) is 2.24. The first kappa shape index (κ1) is 13.5. The van der Waals surface area contributed by atoms with Crippen LogP contribution in [0.2, 0.25) is 0 Å². The molecule has 5 nitrogen and oxygen atoms in total. The number of H-pyrrole nitrogens is 1. The fourth-order valence-corrected chi connectivity index (χ4v) is 2.54. The number of aromatic amines is 1. The van der Waals surface area contributed by atoms with Crippen molar-refractivity contribution in [1.29, 1.82) is 0 Å². The summed E-state index contributed by atoms with van der Waals surface area (Å²) in [6, 6.07) is 1.91. The molecule has 1 N–H and O–H groups in total. The molecule has 2 heterocycles. The van der Waals surface area contributed by atoms with Crippen molar-refractivity contribution < 1.29 is 9.53 Å². The number of thiophene rings is 1. The molecule has 0 aliphatic rings. The van der Waals surface area contributed by atoms with Gasteiger partial charge in [0, 0.05) is 16.6 Å². The molecule has 0 fully saturated rings. The topological polar surface area (TPSA) is 72.0 Å². The van der Waals surface area contributed by atoms with Crippen LogP contribution in [0.15, 0.2) is 22.4 Å². The minimum atomic E-state index is -0.649. The van der Waals surface area contributed by atoms with Gasteiger partial charge in [-0.2, -0.15) is 0 Å². The van der Waals surface area contributed by atoms with Crippen LogP contribution in [-0.2, 0) is 11.2 Å². The molecule has 19 heavy (non-hydrogen) atoms. The Morgan fingerprint density at radius 2 is 2.26 bits per heavy atom. The molecule has 6 heteroatoms. The summed E-state index contributed by atoms with van der Waals surface area (Å²) in [6.07, 6.45) is 2.14. The number of aromatic nitrogens is 2. The monoisotopic (exact) mass is 278 g/mol. The molecule has 0 aliphatic heterocycles. The first-order valence-electron chi connectivity index (χ1n) is 6.00. The van der Waals surface area contributed by atoms with Gasteiger partial charge in [-0.3, -0.25) is 4.79 Å². The number of nitrogens with zero attached hydrogens (tertiary/aromatic N) is 1. The highest BCUT2D eigenvalue weighted by Crippen LogP contribution is 2.25. The molecule has 2 rings (SSSR count). The predicted molar refractivity (Wildman–Crippen MR) is 73.5 cm³/mol. The molecular formula is C13H14N2O3S. The molecule has 0 aliphatic carbocycles. The largest absolute Gasteiger partial charge is 0.462 e. The van der Waals surface area contributed by atoms with Gasteiger partial charge in [0.15, 0.2) is 0 Å². The lowest BCUT2D eigenvalue weighted by Crippen LogP contribution is -2.21. The Morgan fingerprint density at radius 1 is 1.47 bits per heavy atom. The van der Waals surface area contributed by atoms with Crippen LogP contribution in [0.3, 0.4) is 0 Å². The summed E-state index contributed by atoms with van der Waals surface area (Å²) in [5.41, 5.74) is 0.357. The highest BCUT2D eigenvalue weighted by atomic mass is 32.1. The van der Waals surface area contributed by atoms with Crippen molar-refractivity contribution >= 4 is 17.3 Å². The summed E-state index contributed by atoms with van der Waals surface area (Å²) < 4.78 is 4.79. The van der Waals surface area contributed by atoms with E-state index >= 15 is 0 Å². The van der Waals surface area contributed by atoms with Crippen molar-refractivity contribution in [2.75, 3.05) is 6.61 Å². The Labute approximate surface area is 114 Å². The van der Waals surface area contributed by atoms with E-state index in [-0.39, 0.29) is 12.2 Å². The number of aryl methyl sites for hydroxylation is 1. The van der Waals surface area contributed by atoms with Crippen molar-refractivity contribution in [3.63, 3.8) is 0 Å². The smallest absolute Gasteiger partial charge is 0.345 e. The molecule has 0 bridgehead atoms. The van der Waals surface area contributed by atoms with E-state index in [1.54, 1.807) is 18.3 Å². The zero-order chi connectivity index (χ0) is 13.8. The van der Waals surface area contributed by atoms with Crippen LogP contribution in [-0.4, -0.2) is 22.5 Å². The second kappa shape index (κ2) is 5.79. The fraction of sp³-hybridized carbons (Fsp3) is 0.308. The van der Waals surface area contributed by atoms with Gasteiger partial charge in [-0.1, -0.05) is 6.92 Å². The van der Waals surface area contributed by atoms with Crippen LogP contribution in [0, 0.1) is 0 Å². The minimum Gasteiger partial charge on any atom is -0.462 e. The van der Waals surface area contributed by atoms with Gasteiger partial charge in [0.2, 0.25) is 0 Å². The standard InChI is InChI=1S/C13H14N2O3S/c1-3-10-8(5-6-19-10)11-14-7-9(12(16)15-11)13(17)18-4-2/h5-7H,3-4H2,1-2H3,(H,14,15,16). The first-order valence-corrected chi connectivity index (χ1v) is 6.88. The van der Waals surface area contributed by atoms with Crippen LogP contribution < -0.4 is 5.56 Å². The number of ether oxygens (including phenoxy) is 1. The molecule has 2 aromatic rings. The quantitative estimate of drug-likeness (QED) is 0.871. The summed E-state index contributed by atoms with van der Waals surface area (Å²) in [5, 5.41) is 1.95. The highest BCUT2D eigenvalue weighted by molar-refractivity contribution is 7.10. The molecule has 0 unspecified atom stereocenters. The minimum absolute atomic E-state index is 0.0705. The fourth-order valence-electron chi connectivity index (χ4n) is 1.71. The Bertz CT molecular complexity index is 645. The molecule has 100 valence electrons. The molecular weight excluding hydrogens is 264 g/mol. The molecule has 0 atom stereocenters. The maximum absolute atomic E-state index is 11.9. The van der Waals surface area contributed by atoms with E-state index in [9.17, 15) is 9.59 Å². The van der Waals surface area contributed by atoms with Gasteiger partial charge in [0.05, 0.1) is 6.61 Å². The number of esters is 1. The van der Waals surface area contributed by atoms with Crippen LogP contribution in [0.4, 0.5) is 0 Å². The molecule has 2 aromatic heterocycles. The third-order valence-corrected chi connectivity index (χ3v) is 3.68. The molecule has 0 spiro atoms. The molecule has 0 aromatic carbocycles. The molecule has 0 amide bonds. The van der Waals surface area contributed by atoms with Crippen LogP contribution in [0.25, 0.3) is 11.4 Å². The Hall–Kier alpha value is -1.95. The van der Waals surface area contributed by atoms with Gasteiger partial charge in [-0.25, -0.2) is 9.78 Å². The van der Waals surface area contributed by atoms with Gasteiger partial charge in [0.1, 0.15) is 11.4 Å². The average Bonchev–Trinajstić information content (AvgIpc) is 2.87. The molecule has 0 radical (unpaired) electrons. The summed E-state index contributed by atoms with van der Waals surface area (Å²) in [4.78, 5) is 31.3. The number of hydrogen-bond donors (Lipinski definition) is 1. The van der Waals surface area contributed by atoms with Gasteiger partial charge < -0.3 is 9.72 Å². The van der Waals surface area contributed by atoms with E-state index in [4.69, 9.17) is 4.74 Å². The van der Waals surface area contributed by atoms with E-state index in [0.29, 0.717) is 5.82 Å². The van der Waals surface area contributed by atoms with E-state index < -0.39 is 11.5 Å².